The van der Waals surface area contributed by atoms with Gasteiger partial charge in [-0.25, -0.2) is 0 Å². The first-order chi connectivity index (χ1) is 16.6. The first-order valence-electron chi connectivity index (χ1n) is 13.3. The number of hydrogen-bond donors (Lipinski definition) is 4. The molecule has 1 heterocycles. The Morgan fingerprint density at radius 1 is 1.06 bits per heavy atom. The number of fused-ring (bicyclic) bond motifs is 1. The van der Waals surface area contributed by atoms with Gasteiger partial charge in [0.25, 0.3) is 0 Å². The van der Waals surface area contributed by atoms with Gasteiger partial charge in [-0.1, -0.05) is 43.5 Å². The molecule has 4 rings (SSSR count). The average Bonchev–Trinajstić information content (AvgIpc) is 2.83. The van der Waals surface area contributed by atoms with Crippen LogP contribution in [0.1, 0.15) is 68.9 Å². The third kappa shape index (κ3) is 5.99. The van der Waals surface area contributed by atoms with Crippen molar-refractivity contribution < 1.29 is 14.3 Å². The van der Waals surface area contributed by atoms with Gasteiger partial charge in [-0.3, -0.25) is 9.59 Å². The lowest BCUT2D eigenvalue weighted by Crippen LogP contribution is -2.62. The summed E-state index contributed by atoms with van der Waals surface area (Å²) in [6, 6.07) is 9.60. The number of hydrogen-bond acceptors (Lipinski definition) is 5. The zero-order valence-electron chi connectivity index (χ0n) is 20.5. The second-order valence-corrected chi connectivity index (χ2v) is 10.4. The molecule has 1 aromatic carbocycles. The second-order valence-electron chi connectivity index (χ2n) is 10.4. The van der Waals surface area contributed by atoms with Crippen molar-refractivity contribution in [3.63, 3.8) is 0 Å². The molecule has 0 aromatic heterocycles. The minimum Gasteiger partial charge on any atom is -0.362 e. The molecule has 0 radical (unpaired) electrons. The summed E-state index contributed by atoms with van der Waals surface area (Å²) in [6.07, 6.45) is 10.8. The molecule has 34 heavy (non-hydrogen) atoms. The standard InChI is InChI=1S/C27H42N4O3/c28-13-6-2-1-3-7-14-30-25(32)18-34-19-26(33)31-21-10-11-23-24-16-20-8-4-5-9-22(20)27(23,17-21)12-15-29-24/h4-5,8-9,21,23-24,29H,1-3,6-7,10-19,28H2,(H,30,32)(H,31,33)/t21-,23+,24-,27-/m1/s1. The number of ether oxygens (including phenoxy) is 1. The van der Waals surface area contributed by atoms with E-state index in [0.717, 1.165) is 77.3 Å². The van der Waals surface area contributed by atoms with Gasteiger partial charge in [-0.15, -0.1) is 0 Å². The smallest absolute Gasteiger partial charge is 0.246 e. The fourth-order valence-corrected chi connectivity index (χ4v) is 6.63. The number of rotatable bonds is 12. The van der Waals surface area contributed by atoms with E-state index in [1.165, 1.54) is 11.1 Å². The summed E-state index contributed by atoms with van der Waals surface area (Å²) in [4.78, 5) is 24.5. The van der Waals surface area contributed by atoms with Gasteiger partial charge < -0.3 is 26.4 Å². The highest BCUT2D eigenvalue weighted by atomic mass is 16.5. The Kier molecular flexibility index (Phi) is 8.98. The first-order valence-corrected chi connectivity index (χ1v) is 13.3. The molecule has 5 N–H and O–H groups in total. The molecule has 188 valence electrons. The lowest BCUT2D eigenvalue weighted by atomic mass is 9.52. The molecule has 4 atom stereocenters. The van der Waals surface area contributed by atoms with Crippen molar-refractivity contribution in [1.82, 2.24) is 16.0 Å². The van der Waals surface area contributed by atoms with Crippen molar-refractivity contribution in [2.24, 2.45) is 11.7 Å². The molecule has 2 amide bonds. The van der Waals surface area contributed by atoms with Crippen molar-refractivity contribution in [3.8, 4) is 0 Å². The first kappa shape index (κ1) is 25.1. The predicted molar refractivity (Wildman–Crippen MR) is 133 cm³/mol. The number of benzene rings is 1. The van der Waals surface area contributed by atoms with Crippen molar-refractivity contribution in [3.05, 3.63) is 35.4 Å². The van der Waals surface area contributed by atoms with E-state index < -0.39 is 0 Å². The molecule has 3 aliphatic rings. The van der Waals surface area contributed by atoms with E-state index in [9.17, 15) is 9.59 Å². The molecule has 7 nitrogen and oxygen atoms in total. The highest BCUT2D eigenvalue weighted by Gasteiger charge is 2.53. The molecule has 1 saturated carbocycles. The summed E-state index contributed by atoms with van der Waals surface area (Å²) in [5, 5.41) is 9.83. The van der Waals surface area contributed by atoms with Crippen LogP contribution in [0.3, 0.4) is 0 Å². The third-order valence-electron chi connectivity index (χ3n) is 8.14. The molecule has 1 aliphatic heterocycles. The number of amides is 2. The van der Waals surface area contributed by atoms with Crippen LogP contribution in [0.15, 0.2) is 24.3 Å². The highest BCUT2D eigenvalue weighted by molar-refractivity contribution is 5.79. The van der Waals surface area contributed by atoms with Crippen LogP contribution in [0.25, 0.3) is 0 Å². The van der Waals surface area contributed by atoms with Crippen LogP contribution in [-0.2, 0) is 26.2 Å². The van der Waals surface area contributed by atoms with E-state index in [0.29, 0.717) is 18.5 Å². The largest absolute Gasteiger partial charge is 0.362 e. The summed E-state index contributed by atoms with van der Waals surface area (Å²) < 4.78 is 5.40. The number of nitrogens with two attached hydrogens (primary N) is 1. The Morgan fingerprint density at radius 3 is 2.74 bits per heavy atom. The summed E-state index contributed by atoms with van der Waals surface area (Å²) >= 11 is 0. The van der Waals surface area contributed by atoms with Gasteiger partial charge in [0.05, 0.1) is 0 Å². The van der Waals surface area contributed by atoms with E-state index in [2.05, 4.69) is 40.2 Å². The number of carbonyl (C=O) groups is 2. The van der Waals surface area contributed by atoms with Crippen LogP contribution in [0.5, 0.6) is 0 Å². The number of carbonyl (C=O) groups excluding carboxylic acids is 2. The molecular weight excluding hydrogens is 428 g/mol. The van der Waals surface area contributed by atoms with Gasteiger partial charge in [0, 0.05) is 24.0 Å². The Labute approximate surface area is 204 Å². The van der Waals surface area contributed by atoms with E-state index in [4.69, 9.17) is 10.5 Å². The quantitative estimate of drug-likeness (QED) is 0.351. The molecule has 1 aromatic rings. The van der Waals surface area contributed by atoms with Gasteiger partial charge in [-0.05, 0) is 75.1 Å². The predicted octanol–water partition coefficient (Wildman–Crippen LogP) is 2.17. The average molecular weight is 471 g/mol. The Hall–Kier alpha value is -1.96. The van der Waals surface area contributed by atoms with Crippen LogP contribution in [0.4, 0.5) is 0 Å². The molecule has 0 spiro atoms. The number of unbranched alkanes of at least 4 members (excludes halogenated alkanes) is 4. The maximum absolute atomic E-state index is 12.6. The van der Waals surface area contributed by atoms with Gasteiger partial charge in [-0.2, -0.15) is 0 Å². The second kappa shape index (κ2) is 12.1. The fourth-order valence-electron chi connectivity index (χ4n) is 6.63. The Balaban J connectivity index is 1.18. The minimum atomic E-state index is -0.159. The van der Waals surface area contributed by atoms with Crippen molar-refractivity contribution in [2.75, 3.05) is 32.8 Å². The van der Waals surface area contributed by atoms with Crippen LogP contribution in [-0.4, -0.2) is 56.7 Å². The maximum atomic E-state index is 12.6. The minimum absolute atomic E-state index is 0.0692. The molecule has 0 unspecified atom stereocenters. The van der Waals surface area contributed by atoms with Crippen LogP contribution < -0.4 is 21.7 Å². The molecule has 2 fully saturated rings. The van der Waals surface area contributed by atoms with Crippen molar-refractivity contribution in [2.45, 2.75) is 81.7 Å². The molecular formula is C27H42N4O3. The van der Waals surface area contributed by atoms with Crippen molar-refractivity contribution >= 4 is 11.8 Å². The van der Waals surface area contributed by atoms with Crippen LogP contribution >= 0.6 is 0 Å². The van der Waals surface area contributed by atoms with E-state index in [1.807, 2.05) is 0 Å². The van der Waals surface area contributed by atoms with E-state index in [-0.39, 0.29) is 36.5 Å². The SMILES string of the molecule is NCCCCCCCNC(=O)COCC(=O)N[C@@H]1CC[C@H]2[C@H]3Cc4ccccc4[C@@]2(CCN3)C1. The molecule has 2 aliphatic carbocycles. The summed E-state index contributed by atoms with van der Waals surface area (Å²) in [7, 11) is 0. The van der Waals surface area contributed by atoms with Crippen molar-refractivity contribution in [1.29, 1.82) is 0 Å². The normalized spacial score (nSPS) is 27.4. The lowest BCUT2D eigenvalue weighted by Gasteiger charge is -2.57. The Morgan fingerprint density at radius 2 is 1.85 bits per heavy atom. The van der Waals surface area contributed by atoms with Gasteiger partial charge in [0.15, 0.2) is 0 Å². The summed E-state index contributed by atoms with van der Waals surface area (Å²) in [6.45, 7) is 2.30. The van der Waals surface area contributed by atoms with Crippen LogP contribution in [0, 0.1) is 5.92 Å². The Bertz CT molecular complexity index is 832. The molecule has 1 saturated heterocycles. The topological polar surface area (TPSA) is 105 Å². The molecule has 2 bridgehead atoms. The zero-order valence-corrected chi connectivity index (χ0v) is 20.5. The third-order valence-corrected chi connectivity index (χ3v) is 8.14. The van der Waals surface area contributed by atoms with Gasteiger partial charge in [0.1, 0.15) is 13.2 Å². The zero-order chi connectivity index (χ0) is 23.8. The van der Waals surface area contributed by atoms with E-state index >= 15 is 0 Å². The van der Waals surface area contributed by atoms with Gasteiger partial charge >= 0.3 is 0 Å². The monoisotopic (exact) mass is 470 g/mol. The molecule has 7 heteroatoms. The maximum Gasteiger partial charge on any atom is 0.246 e. The lowest BCUT2D eigenvalue weighted by molar-refractivity contribution is -0.131. The summed E-state index contributed by atoms with van der Waals surface area (Å²) in [5.41, 5.74) is 8.62. The fraction of sp³-hybridized carbons (Fsp3) is 0.704. The number of piperidine rings is 1. The highest BCUT2D eigenvalue weighted by Crippen LogP contribution is 2.53. The van der Waals surface area contributed by atoms with Crippen LogP contribution in [0.2, 0.25) is 0 Å². The van der Waals surface area contributed by atoms with Gasteiger partial charge in [0.2, 0.25) is 11.8 Å². The van der Waals surface area contributed by atoms with E-state index in [1.54, 1.807) is 0 Å². The number of nitrogens with one attached hydrogen (secondary N) is 3. The summed E-state index contributed by atoms with van der Waals surface area (Å²) in [5.74, 6) is 0.362.